The van der Waals surface area contributed by atoms with Gasteiger partial charge in [0, 0.05) is 43.5 Å². The van der Waals surface area contributed by atoms with E-state index in [9.17, 15) is 9.59 Å². The molecule has 1 saturated carbocycles. The van der Waals surface area contributed by atoms with E-state index >= 15 is 0 Å². The largest absolute Gasteiger partial charge is 0.345 e. The molecule has 1 amide bonds. The van der Waals surface area contributed by atoms with Crippen molar-refractivity contribution in [1.82, 2.24) is 24.2 Å². The standard InChI is InChI=1S/C18H21N5O2/c24-17(13-5-7-19-8-6-13)23-14-3-4-15(23)11-21-16(9-14)20-22(18(21)25)10-12-1-2-12/h5-8,12,14-15H,1-4,9-11H2/t14-,15+/m0/s1. The van der Waals surface area contributed by atoms with E-state index in [-0.39, 0.29) is 23.7 Å². The van der Waals surface area contributed by atoms with Crippen molar-refractivity contribution in [1.29, 1.82) is 0 Å². The summed E-state index contributed by atoms with van der Waals surface area (Å²) in [6.45, 7) is 1.31. The number of carbonyl (C=O) groups is 1. The summed E-state index contributed by atoms with van der Waals surface area (Å²) < 4.78 is 3.45. The molecule has 2 aromatic rings. The molecule has 130 valence electrons. The van der Waals surface area contributed by atoms with Crippen LogP contribution in [0.5, 0.6) is 0 Å². The van der Waals surface area contributed by atoms with Crippen LogP contribution in [0.25, 0.3) is 0 Å². The van der Waals surface area contributed by atoms with E-state index in [1.807, 2.05) is 4.90 Å². The molecule has 0 unspecified atom stereocenters. The topological polar surface area (TPSA) is 73.0 Å². The first-order valence-corrected chi connectivity index (χ1v) is 9.10. The number of carbonyl (C=O) groups excluding carboxylic acids is 1. The molecule has 7 nitrogen and oxygen atoms in total. The van der Waals surface area contributed by atoms with Crippen LogP contribution in [-0.4, -0.2) is 42.2 Å². The third-order valence-corrected chi connectivity index (χ3v) is 5.72. The Morgan fingerprint density at radius 3 is 2.64 bits per heavy atom. The summed E-state index contributed by atoms with van der Waals surface area (Å²) in [6.07, 6.45) is 8.29. The maximum atomic E-state index is 13.0. The Morgan fingerprint density at radius 1 is 1.12 bits per heavy atom. The van der Waals surface area contributed by atoms with Crippen molar-refractivity contribution in [3.05, 3.63) is 46.4 Å². The molecule has 0 N–H and O–H groups in total. The van der Waals surface area contributed by atoms with Gasteiger partial charge in [0.15, 0.2) is 0 Å². The lowest BCUT2D eigenvalue weighted by Gasteiger charge is -2.28. The number of amides is 1. The van der Waals surface area contributed by atoms with Crippen molar-refractivity contribution in [2.75, 3.05) is 0 Å². The molecule has 2 aliphatic heterocycles. The Labute approximate surface area is 145 Å². The lowest BCUT2D eigenvalue weighted by molar-refractivity contribution is 0.0664. The second-order valence-electron chi connectivity index (χ2n) is 7.47. The van der Waals surface area contributed by atoms with Crippen molar-refractivity contribution >= 4 is 5.91 Å². The quantitative estimate of drug-likeness (QED) is 0.839. The Morgan fingerprint density at radius 2 is 1.88 bits per heavy atom. The van der Waals surface area contributed by atoms with Gasteiger partial charge in [-0.05, 0) is 43.7 Å². The average Bonchev–Trinajstić information content (AvgIpc) is 3.32. The van der Waals surface area contributed by atoms with Crippen LogP contribution in [0.1, 0.15) is 41.9 Å². The monoisotopic (exact) mass is 339 g/mol. The zero-order valence-corrected chi connectivity index (χ0v) is 14.0. The first kappa shape index (κ1) is 14.9. The van der Waals surface area contributed by atoms with E-state index in [1.165, 1.54) is 12.8 Å². The molecule has 5 rings (SSSR count). The third-order valence-electron chi connectivity index (χ3n) is 5.72. The highest BCUT2D eigenvalue weighted by Gasteiger charge is 2.41. The van der Waals surface area contributed by atoms with E-state index in [0.717, 1.165) is 25.2 Å². The van der Waals surface area contributed by atoms with Crippen molar-refractivity contribution in [2.45, 2.75) is 57.3 Å². The second kappa shape index (κ2) is 5.54. The van der Waals surface area contributed by atoms with Crippen molar-refractivity contribution in [3.63, 3.8) is 0 Å². The average molecular weight is 339 g/mol. The Kier molecular flexibility index (Phi) is 3.29. The van der Waals surface area contributed by atoms with Crippen molar-refractivity contribution < 1.29 is 4.79 Å². The number of fused-ring (bicyclic) bond motifs is 3. The van der Waals surface area contributed by atoms with Gasteiger partial charge in [0.05, 0.1) is 6.04 Å². The highest BCUT2D eigenvalue weighted by molar-refractivity contribution is 5.94. The number of nitrogens with zero attached hydrogens (tertiary/aromatic N) is 5. The molecule has 2 bridgehead atoms. The predicted octanol–water partition coefficient (Wildman–Crippen LogP) is 1.08. The summed E-state index contributed by atoms with van der Waals surface area (Å²) in [5.41, 5.74) is 0.656. The molecule has 0 aromatic carbocycles. The first-order valence-electron chi connectivity index (χ1n) is 9.10. The van der Waals surface area contributed by atoms with Crippen LogP contribution in [0.4, 0.5) is 0 Å². The van der Waals surface area contributed by atoms with Crippen molar-refractivity contribution in [3.8, 4) is 0 Å². The van der Waals surface area contributed by atoms with Crippen LogP contribution in [0.2, 0.25) is 0 Å². The third kappa shape index (κ3) is 2.49. The number of rotatable bonds is 3. The fourth-order valence-electron chi connectivity index (χ4n) is 4.22. The van der Waals surface area contributed by atoms with E-state index in [2.05, 4.69) is 10.1 Å². The molecule has 2 atom stereocenters. The molecule has 25 heavy (non-hydrogen) atoms. The van der Waals surface area contributed by atoms with E-state index in [1.54, 1.807) is 33.8 Å². The van der Waals surface area contributed by atoms with E-state index < -0.39 is 0 Å². The van der Waals surface area contributed by atoms with Gasteiger partial charge < -0.3 is 4.90 Å². The van der Waals surface area contributed by atoms with Crippen LogP contribution in [0.15, 0.2) is 29.3 Å². The van der Waals surface area contributed by atoms with Crippen LogP contribution in [0, 0.1) is 5.92 Å². The highest BCUT2D eigenvalue weighted by Crippen LogP contribution is 2.33. The second-order valence-corrected chi connectivity index (χ2v) is 7.47. The minimum atomic E-state index is -0.00856. The lowest BCUT2D eigenvalue weighted by Crippen LogP contribution is -2.43. The minimum Gasteiger partial charge on any atom is -0.330 e. The number of aromatic nitrogens is 4. The zero-order chi connectivity index (χ0) is 17.0. The summed E-state index contributed by atoms with van der Waals surface area (Å²) in [5, 5.41) is 4.59. The first-order chi connectivity index (χ1) is 12.2. The lowest BCUT2D eigenvalue weighted by atomic mass is 10.1. The summed E-state index contributed by atoms with van der Waals surface area (Å²) in [7, 11) is 0. The maximum absolute atomic E-state index is 13.0. The summed E-state index contributed by atoms with van der Waals surface area (Å²) >= 11 is 0. The molecule has 4 heterocycles. The fraction of sp³-hybridized carbons (Fsp3) is 0.556. The highest BCUT2D eigenvalue weighted by atomic mass is 16.2. The number of hydrogen-bond donors (Lipinski definition) is 0. The van der Waals surface area contributed by atoms with Crippen molar-refractivity contribution in [2.24, 2.45) is 5.92 Å². The SMILES string of the molecule is O=C(c1ccncc1)N1[C@@H]2CC[C@H]1Cc1nn(CC3CC3)c(=O)n1C2. The fourth-order valence-corrected chi connectivity index (χ4v) is 4.22. The number of hydrogen-bond acceptors (Lipinski definition) is 4. The molecule has 1 aliphatic carbocycles. The molecular formula is C18H21N5O2. The molecule has 3 aliphatic rings. The van der Waals surface area contributed by atoms with Gasteiger partial charge in [0.2, 0.25) is 0 Å². The molecule has 0 radical (unpaired) electrons. The van der Waals surface area contributed by atoms with Gasteiger partial charge in [-0.3, -0.25) is 14.3 Å². The molecule has 0 spiro atoms. The van der Waals surface area contributed by atoms with Gasteiger partial charge in [0.1, 0.15) is 5.82 Å². The molecule has 2 aromatic heterocycles. The minimum absolute atomic E-state index is 0.00856. The van der Waals surface area contributed by atoms with E-state index in [0.29, 0.717) is 24.4 Å². The predicted molar refractivity (Wildman–Crippen MR) is 90.1 cm³/mol. The summed E-state index contributed by atoms with van der Waals surface area (Å²) in [4.78, 5) is 31.7. The number of pyridine rings is 1. The zero-order valence-electron chi connectivity index (χ0n) is 14.0. The summed E-state index contributed by atoms with van der Waals surface area (Å²) in [5.74, 6) is 1.50. The maximum Gasteiger partial charge on any atom is 0.345 e. The molecular weight excluding hydrogens is 318 g/mol. The van der Waals surface area contributed by atoms with Gasteiger partial charge in [-0.1, -0.05) is 0 Å². The van der Waals surface area contributed by atoms with Crippen LogP contribution < -0.4 is 5.69 Å². The summed E-state index contributed by atoms with van der Waals surface area (Å²) in [6, 6.07) is 3.72. The van der Waals surface area contributed by atoms with Gasteiger partial charge in [-0.2, -0.15) is 5.10 Å². The van der Waals surface area contributed by atoms with Crippen LogP contribution >= 0.6 is 0 Å². The van der Waals surface area contributed by atoms with Gasteiger partial charge in [0.25, 0.3) is 5.91 Å². The molecule has 2 fully saturated rings. The van der Waals surface area contributed by atoms with Gasteiger partial charge in [-0.25, -0.2) is 9.48 Å². The molecule has 1 saturated heterocycles. The van der Waals surface area contributed by atoms with Crippen LogP contribution in [-0.2, 0) is 19.5 Å². The smallest absolute Gasteiger partial charge is 0.330 e. The normalized spacial score (nSPS) is 24.9. The Hall–Kier alpha value is -2.44. The van der Waals surface area contributed by atoms with Gasteiger partial charge >= 0.3 is 5.69 Å². The van der Waals surface area contributed by atoms with E-state index in [4.69, 9.17) is 0 Å². The van der Waals surface area contributed by atoms with Crippen LogP contribution in [0.3, 0.4) is 0 Å². The molecule has 7 heteroatoms. The Balaban J connectivity index is 1.45. The van der Waals surface area contributed by atoms with Gasteiger partial charge in [-0.15, -0.1) is 0 Å². The Bertz CT molecular complexity index is 867.